The molecule has 4 nitrogen and oxygen atoms in total. The third kappa shape index (κ3) is 2.58. The molecule has 2 rings (SSSR count). The Hall–Kier alpha value is -1.55. The van der Waals surface area contributed by atoms with Crippen LogP contribution < -0.4 is 5.32 Å². The van der Waals surface area contributed by atoms with E-state index in [1.807, 2.05) is 30.8 Å². The third-order valence-corrected chi connectivity index (χ3v) is 3.10. The standard InChI is InChI=1S/C12H15ClN4/c1-8-6-10(7-14-12(8)13)16-9(2)11-4-5-15-17(11)3/h4-7,9,16H,1-3H3. The monoisotopic (exact) mass is 250 g/mol. The number of nitrogens with zero attached hydrogens (tertiary/aromatic N) is 3. The minimum Gasteiger partial charge on any atom is -0.376 e. The Morgan fingerprint density at radius 3 is 2.82 bits per heavy atom. The molecular weight excluding hydrogens is 236 g/mol. The Labute approximate surface area is 106 Å². The normalized spacial score (nSPS) is 12.5. The van der Waals surface area contributed by atoms with Gasteiger partial charge >= 0.3 is 0 Å². The fourth-order valence-corrected chi connectivity index (χ4v) is 1.87. The van der Waals surface area contributed by atoms with Crippen molar-refractivity contribution in [2.24, 2.45) is 7.05 Å². The molecular formula is C12H15ClN4. The number of pyridine rings is 1. The fourth-order valence-electron chi connectivity index (χ4n) is 1.77. The Bertz CT molecular complexity index is 521. The van der Waals surface area contributed by atoms with Crippen LogP contribution in [0.3, 0.4) is 0 Å². The molecule has 0 aliphatic carbocycles. The van der Waals surface area contributed by atoms with Crippen molar-refractivity contribution in [1.82, 2.24) is 14.8 Å². The molecule has 5 heteroatoms. The summed E-state index contributed by atoms with van der Waals surface area (Å²) in [6.07, 6.45) is 3.53. The van der Waals surface area contributed by atoms with Gasteiger partial charge in [0.25, 0.3) is 0 Å². The third-order valence-electron chi connectivity index (χ3n) is 2.70. The second-order valence-corrected chi connectivity index (χ2v) is 4.44. The summed E-state index contributed by atoms with van der Waals surface area (Å²) in [5.74, 6) is 0. The molecule has 0 aliphatic heterocycles. The molecule has 2 aromatic rings. The topological polar surface area (TPSA) is 42.7 Å². The van der Waals surface area contributed by atoms with Crippen LogP contribution in [0.1, 0.15) is 24.2 Å². The number of aromatic nitrogens is 3. The van der Waals surface area contributed by atoms with Gasteiger partial charge in [-0.15, -0.1) is 0 Å². The molecule has 17 heavy (non-hydrogen) atoms. The highest BCUT2D eigenvalue weighted by molar-refractivity contribution is 6.30. The SMILES string of the molecule is Cc1cc(NC(C)c2ccnn2C)cnc1Cl. The van der Waals surface area contributed by atoms with Gasteiger partial charge in [0.1, 0.15) is 5.15 Å². The van der Waals surface area contributed by atoms with Crippen LogP contribution in [0, 0.1) is 6.92 Å². The molecule has 1 N–H and O–H groups in total. The van der Waals surface area contributed by atoms with Crippen molar-refractivity contribution in [2.75, 3.05) is 5.32 Å². The van der Waals surface area contributed by atoms with Gasteiger partial charge in [-0.3, -0.25) is 4.68 Å². The van der Waals surface area contributed by atoms with E-state index in [1.165, 1.54) is 0 Å². The molecule has 2 heterocycles. The van der Waals surface area contributed by atoms with E-state index in [2.05, 4.69) is 22.3 Å². The fraction of sp³-hybridized carbons (Fsp3) is 0.333. The van der Waals surface area contributed by atoms with Crippen molar-refractivity contribution >= 4 is 17.3 Å². The predicted octanol–water partition coefficient (Wildman–Crippen LogP) is 2.95. The molecule has 1 atom stereocenters. The van der Waals surface area contributed by atoms with Crippen LogP contribution in [0.25, 0.3) is 0 Å². The number of anilines is 1. The molecule has 1 unspecified atom stereocenters. The van der Waals surface area contributed by atoms with Gasteiger partial charge in [-0.05, 0) is 31.5 Å². The van der Waals surface area contributed by atoms with E-state index in [-0.39, 0.29) is 6.04 Å². The van der Waals surface area contributed by atoms with E-state index in [4.69, 9.17) is 11.6 Å². The quantitative estimate of drug-likeness (QED) is 0.852. The second kappa shape index (κ2) is 4.75. The lowest BCUT2D eigenvalue weighted by Gasteiger charge is -2.15. The number of aryl methyl sites for hydroxylation is 2. The molecule has 0 amide bonds. The van der Waals surface area contributed by atoms with Crippen molar-refractivity contribution in [3.8, 4) is 0 Å². The van der Waals surface area contributed by atoms with E-state index in [0.29, 0.717) is 5.15 Å². The molecule has 0 spiro atoms. The summed E-state index contributed by atoms with van der Waals surface area (Å²) in [6.45, 7) is 4.02. The lowest BCUT2D eigenvalue weighted by atomic mass is 10.2. The van der Waals surface area contributed by atoms with E-state index >= 15 is 0 Å². The van der Waals surface area contributed by atoms with Gasteiger partial charge in [0.2, 0.25) is 0 Å². The second-order valence-electron chi connectivity index (χ2n) is 4.08. The van der Waals surface area contributed by atoms with Crippen molar-refractivity contribution in [3.05, 3.63) is 40.9 Å². The van der Waals surface area contributed by atoms with Crippen molar-refractivity contribution < 1.29 is 0 Å². The minimum absolute atomic E-state index is 0.171. The summed E-state index contributed by atoms with van der Waals surface area (Å²) in [6, 6.07) is 4.15. The number of rotatable bonds is 3. The van der Waals surface area contributed by atoms with E-state index in [9.17, 15) is 0 Å². The average molecular weight is 251 g/mol. The number of hydrogen-bond acceptors (Lipinski definition) is 3. The molecule has 0 fully saturated rings. The molecule has 0 radical (unpaired) electrons. The molecule has 0 aromatic carbocycles. The molecule has 0 aliphatic rings. The summed E-state index contributed by atoms with van der Waals surface area (Å²) in [5, 5.41) is 8.07. The summed E-state index contributed by atoms with van der Waals surface area (Å²) >= 11 is 5.89. The Morgan fingerprint density at radius 1 is 1.47 bits per heavy atom. The van der Waals surface area contributed by atoms with Gasteiger partial charge in [-0.2, -0.15) is 5.10 Å². The summed E-state index contributed by atoms with van der Waals surface area (Å²) in [7, 11) is 1.93. The maximum atomic E-state index is 5.89. The molecule has 0 bridgehead atoms. The lowest BCUT2D eigenvalue weighted by molar-refractivity contribution is 0.675. The first-order valence-electron chi connectivity index (χ1n) is 5.44. The summed E-state index contributed by atoms with van der Waals surface area (Å²) in [4.78, 5) is 4.12. The zero-order valence-corrected chi connectivity index (χ0v) is 10.9. The highest BCUT2D eigenvalue weighted by Crippen LogP contribution is 2.21. The van der Waals surface area contributed by atoms with Crippen LogP contribution in [-0.4, -0.2) is 14.8 Å². The van der Waals surface area contributed by atoms with E-state index < -0.39 is 0 Å². The highest BCUT2D eigenvalue weighted by atomic mass is 35.5. The Balaban J connectivity index is 2.16. The van der Waals surface area contributed by atoms with Crippen molar-refractivity contribution in [3.63, 3.8) is 0 Å². The van der Waals surface area contributed by atoms with Crippen LogP contribution in [0.5, 0.6) is 0 Å². The maximum Gasteiger partial charge on any atom is 0.132 e. The van der Waals surface area contributed by atoms with Crippen LogP contribution in [0.4, 0.5) is 5.69 Å². The van der Waals surface area contributed by atoms with E-state index in [1.54, 1.807) is 12.4 Å². The summed E-state index contributed by atoms with van der Waals surface area (Å²) in [5.41, 5.74) is 3.05. The lowest BCUT2D eigenvalue weighted by Crippen LogP contribution is -2.11. The predicted molar refractivity (Wildman–Crippen MR) is 69.2 cm³/mol. The maximum absolute atomic E-state index is 5.89. The van der Waals surface area contributed by atoms with Gasteiger partial charge in [0.15, 0.2) is 0 Å². The van der Waals surface area contributed by atoms with Gasteiger partial charge in [-0.1, -0.05) is 11.6 Å². The van der Waals surface area contributed by atoms with Gasteiger partial charge in [-0.25, -0.2) is 4.98 Å². The summed E-state index contributed by atoms with van der Waals surface area (Å²) < 4.78 is 1.86. The Morgan fingerprint density at radius 2 is 2.24 bits per heavy atom. The van der Waals surface area contributed by atoms with Gasteiger partial charge in [0, 0.05) is 13.2 Å². The number of nitrogens with one attached hydrogen (secondary N) is 1. The van der Waals surface area contributed by atoms with Gasteiger partial charge < -0.3 is 5.32 Å². The van der Waals surface area contributed by atoms with Crippen LogP contribution in [0.2, 0.25) is 5.15 Å². The molecule has 0 saturated heterocycles. The van der Waals surface area contributed by atoms with E-state index in [0.717, 1.165) is 16.9 Å². The van der Waals surface area contributed by atoms with Crippen LogP contribution in [-0.2, 0) is 7.05 Å². The molecule has 90 valence electrons. The van der Waals surface area contributed by atoms with Crippen molar-refractivity contribution in [1.29, 1.82) is 0 Å². The zero-order valence-electron chi connectivity index (χ0n) is 10.1. The molecule has 0 saturated carbocycles. The minimum atomic E-state index is 0.171. The highest BCUT2D eigenvalue weighted by Gasteiger charge is 2.09. The zero-order chi connectivity index (χ0) is 12.4. The Kier molecular flexibility index (Phi) is 3.33. The van der Waals surface area contributed by atoms with Crippen molar-refractivity contribution in [2.45, 2.75) is 19.9 Å². The number of hydrogen-bond donors (Lipinski definition) is 1. The first-order chi connectivity index (χ1) is 8.08. The van der Waals surface area contributed by atoms with Crippen LogP contribution in [0.15, 0.2) is 24.5 Å². The largest absolute Gasteiger partial charge is 0.376 e. The average Bonchev–Trinajstić information content (AvgIpc) is 2.70. The smallest absolute Gasteiger partial charge is 0.132 e. The molecule has 2 aromatic heterocycles. The first kappa shape index (κ1) is 11.9. The number of halogens is 1. The van der Waals surface area contributed by atoms with Crippen LogP contribution >= 0.6 is 11.6 Å². The first-order valence-corrected chi connectivity index (χ1v) is 5.82. The van der Waals surface area contributed by atoms with Gasteiger partial charge in [0.05, 0.1) is 23.6 Å².